The highest BCUT2D eigenvalue weighted by molar-refractivity contribution is 5.91. The van der Waals surface area contributed by atoms with E-state index in [2.05, 4.69) is 10.1 Å². The fraction of sp³-hybridized carbons (Fsp3) is 0.500. The molecule has 0 bridgehead atoms. The largest absolute Gasteiger partial charge is 0.465 e. The fourth-order valence-corrected chi connectivity index (χ4v) is 2.49. The predicted molar refractivity (Wildman–Crippen MR) is 67.6 cm³/mol. The number of hydrogen-bond donors (Lipinski definition) is 1. The molecule has 1 saturated heterocycles. The number of rotatable bonds is 2. The fourth-order valence-electron chi connectivity index (χ4n) is 2.49. The highest BCUT2D eigenvalue weighted by Crippen LogP contribution is 2.36. The van der Waals surface area contributed by atoms with E-state index in [0.29, 0.717) is 5.56 Å². The van der Waals surface area contributed by atoms with Gasteiger partial charge in [-0.3, -0.25) is 0 Å². The standard InChI is InChI=1S/C14H16F3NO2/c1-20-13(19)11-3-2-10(8-12(11)14(15,16)17)9-4-6-18-7-5-9/h2-3,8-9,18H,4-7H2,1H3. The second kappa shape index (κ2) is 5.83. The number of hydrogen-bond acceptors (Lipinski definition) is 3. The van der Waals surface area contributed by atoms with E-state index in [0.717, 1.165) is 39.1 Å². The minimum absolute atomic E-state index is 0.101. The second-order valence-electron chi connectivity index (χ2n) is 4.82. The lowest BCUT2D eigenvalue weighted by Gasteiger charge is -2.24. The third-order valence-electron chi connectivity index (χ3n) is 3.56. The molecule has 2 rings (SSSR count). The molecular formula is C14H16F3NO2. The van der Waals surface area contributed by atoms with Crippen LogP contribution in [0.2, 0.25) is 0 Å². The van der Waals surface area contributed by atoms with E-state index in [1.165, 1.54) is 6.07 Å². The molecule has 1 aromatic carbocycles. The number of carbonyl (C=O) groups excluding carboxylic acids is 1. The average Bonchev–Trinajstić information content (AvgIpc) is 2.46. The van der Waals surface area contributed by atoms with Gasteiger partial charge in [0.15, 0.2) is 0 Å². The maximum atomic E-state index is 13.1. The maximum absolute atomic E-state index is 13.1. The zero-order chi connectivity index (χ0) is 14.8. The summed E-state index contributed by atoms with van der Waals surface area (Å²) in [6.45, 7) is 1.59. The lowest BCUT2D eigenvalue weighted by Crippen LogP contribution is -2.27. The number of benzene rings is 1. The molecule has 1 aliphatic heterocycles. The van der Waals surface area contributed by atoms with Gasteiger partial charge < -0.3 is 10.1 Å². The van der Waals surface area contributed by atoms with Crippen molar-refractivity contribution in [3.63, 3.8) is 0 Å². The maximum Gasteiger partial charge on any atom is 0.417 e. The highest BCUT2D eigenvalue weighted by Gasteiger charge is 2.36. The van der Waals surface area contributed by atoms with E-state index in [1.807, 2.05) is 0 Å². The molecule has 6 heteroatoms. The summed E-state index contributed by atoms with van der Waals surface area (Å²) < 4.78 is 43.6. The molecule has 0 aliphatic carbocycles. The van der Waals surface area contributed by atoms with Gasteiger partial charge in [0.25, 0.3) is 0 Å². The molecule has 1 heterocycles. The molecule has 0 saturated carbocycles. The van der Waals surface area contributed by atoms with Crippen LogP contribution in [0, 0.1) is 0 Å². The molecule has 110 valence electrons. The van der Waals surface area contributed by atoms with E-state index in [4.69, 9.17) is 0 Å². The number of ether oxygens (including phenoxy) is 1. The molecule has 0 amide bonds. The van der Waals surface area contributed by atoms with Gasteiger partial charge in [-0.1, -0.05) is 6.07 Å². The quantitative estimate of drug-likeness (QED) is 0.850. The Morgan fingerprint density at radius 1 is 1.30 bits per heavy atom. The molecule has 0 aromatic heterocycles. The lowest BCUT2D eigenvalue weighted by atomic mass is 9.88. The van der Waals surface area contributed by atoms with Gasteiger partial charge in [-0.25, -0.2) is 4.79 Å². The van der Waals surface area contributed by atoms with Gasteiger partial charge in [0.1, 0.15) is 0 Å². The summed E-state index contributed by atoms with van der Waals surface area (Å²) in [5.41, 5.74) is -0.718. The van der Waals surface area contributed by atoms with Gasteiger partial charge in [0.2, 0.25) is 0 Å². The number of piperidine rings is 1. The smallest absolute Gasteiger partial charge is 0.417 e. The molecule has 0 unspecified atom stereocenters. The summed E-state index contributed by atoms with van der Waals surface area (Å²) in [7, 11) is 1.07. The van der Waals surface area contributed by atoms with E-state index in [1.54, 1.807) is 6.07 Å². The van der Waals surface area contributed by atoms with E-state index < -0.39 is 23.3 Å². The normalized spacial score (nSPS) is 17.0. The number of methoxy groups -OCH3 is 1. The summed E-state index contributed by atoms with van der Waals surface area (Å²) in [4.78, 5) is 11.4. The second-order valence-corrected chi connectivity index (χ2v) is 4.82. The van der Waals surface area contributed by atoms with Crippen molar-refractivity contribution < 1.29 is 22.7 Å². The first-order valence-corrected chi connectivity index (χ1v) is 6.43. The van der Waals surface area contributed by atoms with Crippen molar-refractivity contribution in [3.8, 4) is 0 Å². The van der Waals surface area contributed by atoms with Crippen LogP contribution in [-0.4, -0.2) is 26.2 Å². The molecule has 0 atom stereocenters. The number of carbonyl (C=O) groups is 1. The predicted octanol–water partition coefficient (Wildman–Crippen LogP) is 2.96. The zero-order valence-corrected chi connectivity index (χ0v) is 11.1. The van der Waals surface area contributed by atoms with Crippen molar-refractivity contribution in [2.75, 3.05) is 20.2 Å². The van der Waals surface area contributed by atoms with Crippen molar-refractivity contribution >= 4 is 5.97 Å². The van der Waals surface area contributed by atoms with Crippen LogP contribution in [0.1, 0.15) is 40.2 Å². The Morgan fingerprint density at radius 2 is 1.95 bits per heavy atom. The molecule has 0 radical (unpaired) electrons. The highest BCUT2D eigenvalue weighted by atomic mass is 19.4. The SMILES string of the molecule is COC(=O)c1ccc(C2CCNCC2)cc1C(F)(F)F. The Bertz CT molecular complexity index is 494. The third-order valence-corrected chi connectivity index (χ3v) is 3.56. The van der Waals surface area contributed by atoms with Crippen molar-refractivity contribution in [3.05, 3.63) is 34.9 Å². The van der Waals surface area contributed by atoms with Crippen LogP contribution < -0.4 is 5.32 Å². The average molecular weight is 287 g/mol. The van der Waals surface area contributed by atoms with E-state index in [-0.39, 0.29) is 5.92 Å². The Balaban J connectivity index is 2.40. The Hall–Kier alpha value is -1.56. The van der Waals surface area contributed by atoms with Crippen LogP contribution in [-0.2, 0) is 10.9 Å². The van der Waals surface area contributed by atoms with Crippen molar-refractivity contribution in [2.45, 2.75) is 24.9 Å². The van der Waals surface area contributed by atoms with E-state index >= 15 is 0 Å². The van der Waals surface area contributed by atoms with Crippen LogP contribution in [0.4, 0.5) is 13.2 Å². The molecule has 0 spiro atoms. The Labute approximate surface area is 115 Å². The van der Waals surface area contributed by atoms with Crippen molar-refractivity contribution in [1.82, 2.24) is 5.32 Å². The number of halogens is 3. The Morgan fingerprint density at radius 3 is 2.50 bits per heavy atom. The van der Waals surface area contributed by atoms with Crippen molar-refractivity contribution in [2.24, 2.45) is 0 Å². The van der Waals surface area contributed by atoms with Crippen LogP contribution in [0.25, 0.3) is 0 Å². The number of esters is 1. The molecule has 1 aliphatic rings. The molecule has 3 nitrogen and oxygen atoms in total. The van der Waals surface area contributed by atoms with Gasteiger partial charge in [-0.15, -0.1) is 0 Å². The summed E-state index contributed by atoms with van der Waals surface area (Å²) in [6, 6.07) is 3.89. The van der Waals surface area contributed by atoms with E-state index in [9.17, 15) is 18.0 Å². The topological polar surface area (TPSA) is 38.3 Å². The summed E-state index contributed by atoms with van der Waals surface area (Å²) in [6.07, 6.45) is -2.96. The lowest BCUT2D eigenvalue weighted by molar-refractivity contribution is -0.138. The van der Waals surface area contributed by atoms with Gasteiger partial charge in [-0.2, -0.15) is 13.2 Å². The van der Waals surface area contributed by atoms with Gasteiger partial charge in [0.05, 0.1) is 18.2 Å². The van der Waals surface area contributed by atoms with Crippen LogP contribution >= 0.6 is 0 Å². The Kier molecular flexibility index (Phi) is 4.32. The summed E-state index contributed by atoms with van der Waals surface area (Å²) in [5.74, 6) is -0.863. The van der Waals surface area contributed by atoms with Gasteiger partial charge >= 0.3 is 12.1 Å². The third kappa shape index (κ3) is 3.12. The van der Waals surface area contributed by atoms with Gasteiger partial charge in [-0.05, 0) is 49.5 Å². The van der Waals surface area contributed by atoms with Crippen LogP contribution in [0.5, 0.6) is 0 Å². The van der Waals surface area contributed by atoms with Crippen LogP contribution in [0.3, 0.4) is 0 Å². The first-order valence-electron chi connectivity index (χ1n) is 6.43. The summed E-state index contributed by atoms with van der Waals surface area (Å²) >= 11 is 0. The minimum Gasteiger partial charge on any atom is -0.465 e. The van der Waals surface area contributed by atoms with Gasteiger partial charge in [0, 0.05) is 0 Å². The number of nitrogens with one attached hydrogen (secondary N) is 1. The summed E-state index contributed by atoms with van der Waals surface area (Å²) in [5, 5.41) is 3.17. The first-order chi connectivity index (χ1) is 9.43. The monoisotopic (exact) mass is 287 g/mol. The molecular weight excluding hydrogens is 271 g/mol. The van der Waals surface area contributed by atoms with Crippen molar-refractivity contribution in [1.29, 1.82) is 0 Å². The zero-order valence-electron chi connectivity index (χ0n) is 11.1. The molecule has 1 N–H and O–H groups in total. The molecule has 1 aromatic rings. The molecule has 1 fully saturated rings. The van der Waals surface area contributed by atoms with Crippen LogP contribution in [0.15, 0.2) is 18.2 Å². The number of alkyl halides is 3. The first kappa shape index (κ1) is 14.8. The minimum atomic E-state index is -4.56. The molecule has 20 heavy (non-hydrogen) atoms.